The Bertz CT molecular complexity index is 3940. The minimum absolute atomic E-state index is 0.0280. The molecule has 23 heteroatoms. The molecule has 102 heavy (non-hydrogen) atoms. The number of hydrogen-bond donors (Lipinski definition) is 3. The van der Waals surface area contributed by atoms with Gasteiger partial charge in [-0.05, 0) is 301 Å². The number of methoxy groups -OCH3 is 4. The molecule has 6 spiro atoms. The van der Waals surface area contributed by atoms with Gasteiger partial charge in [0.05, 0.1) is 37.6 Å². The summed E-state index contributed by atoms with van der Waals surface area (Å²) in [6.07, 6.45) is 19.2. The number of carbonyl (C=O) groups excluding carboxylic acids is 4. The van der Waals surface area contributed by atoms with Gasteiger partial charge in [-0.3, -0.25) is 24.2 Å². The van der Waals surface area contributed by atoms with E-state index in [0.717, 1.165) is 186 Å². The van der Waals surface area contributed by atoms with Crippen LogP contribution in [0.4, 0.5) is 0 Å². The van der Waals surface area contributed by atoms with Crippen molar-refractivity contribution in [3.8, 4) is 5.40 Å². The number of hydrogen-bond acceptors (Lipinski definition) is 16. The van der Waals surface area contributed by atoms with E-state index in [1.165, 1.54) is 16.7 Å². The van der Waals surface area contributed by atoms with Crippen LogP contribution in [-0.4, -0.2) is 122 Å². The monoisotopic (exact) mass is 1690 g/mol. The maximum absolute atomic E-state index is 14.0. The second-order valence-corrected chi connectivity index (χ2v) is 36.9. The maximum Gasteiger partial charge on any atom is 0.331 e. The predicted molar refractivity (Wildman–Crippen MR) is 416 cm³/mol. The van der Waals surface area contributed by atoms with E-state index in [4.69, 9.17) is 57.1 Å². The number of amides is 2. The molecule has 1 saturated heterocycles. The first-order chi connectivity index (χ1) is 48.3. The van der Waals surface area contributed by atoms with Crippen molar-refractivity contribution in [2.45, 2.75) is 241 Å². The molecule has 14 rings (SSSR count). The molecule has 10 aliphatic rings. The molecule has 8 aliphatic carbocycles. The second-order valence-electron chi connectivity index (χ2n) is 31.9. The average molecular weight is 1690 g/mol. The number of esters is 2. The molecule has 2 aliphatic heterocycles. The van der Waals surface area contributed by atoms with Crippen molar-refractivity contribution in [2.24, 2.45) is 38.1 Å². The van der Waals surface area contributed by atoms with Crippen LogP contribution in [0.5, 0.6) is 0 Å². The number of ether oxygens (including phenoxy) is 6. The lowest BCUT2D eigenvalue weighted by Crippen LogP contribution is -2.58. The average Bonchev–Trinajstić information content (AvgIpc) is 1.53. The lowest BCUT2D eigenvalue weighted by molar-refractivity contribution is -0.158. The summed E-state index contributed by atoms with van der Waals surface area (Å²) in [4.78, 5) is 62.5. The molecule has 2 heterocycles. The fourth-order valence-electron chi connectivity index (χ4n) is 19.8. The van der Waals surface area contributed by atoms with E-state index in [0.29, 0.717) is 24.3 Å². The molecule has 4 atom stereocenters. The van der Waals surface area contributed by atoms with E-state index < -0.39 is 26.9 Å². The highest BCUT2D eigenvalue weighted by atomic mass is 79.9. The minimum Gasteiger partial charge on any atom is -0.465 e. The molecular formula is C79H101Br4N7O10S2. The first-order valence-corrected chi connectivity index (χ1v) is 40.5. The van der Waals surface area contributed by atoms with Gasteiger partial charge >= 0.3 is 11.9 Å². The smallest absolute Gasteiger partial charge is 0.331 e. The van der Waals surface area contributed by atoms with Gasteiger partial charge < -0.3 is 45.2 Å². The Hall–Kier alpha value is -4.32. The number of nitrogens with zero attached hydrogens (tertiary/aromatic N) is 4. The summed E-state index contributed by atoms with van der Waals surface area (Å²) < 4.78 is 36.0. The molecular weight excluding hydrogens is 1590 g/mol. The number of rotatable bonds is 9. The molecule has 552 valence electrons. The van der Waals surface area contributed by atoms with Crippen molar-refractivity contribution < 1.29 is 47.6 Å². The third-order valence-corrected chi connectivity index (χ3v) is 28.3. The van der Waals surface area contributed by atoms with Gasteiger partial charge in [0.25, 0.3) is 11.8 Å². The van der Waals surface area contributed by atoms with Crippen molar-refractivity contribution in [1.82, 2.24) is 15.1 Å². The molecule has 17 nitrogen and oxygen atoms in total. The summed E-state index contributed by atoms with van der Waals surface area (Å²) in [5.74, 6) is -0.108. The summed E-state index contributed by atoms with van der Waals surface area (Å²) in [6, 6.07) is 24.8. The van der Waals surface area contributed by atoms with Crippen LogP contribution in [0.1, 0.15) is 203 Å². The van der Waals surface area contributed by atoms with Crippen LogP contribution in [0.3, 0.4) is 0 Å². The van der Waals surface area contributed by atoms with Crippen molar-refractivity contribution >= 4 is 123 Å². The Morgan fingerprint density at radius 2 is 0.922 bits per heavy atom. The molecule has 4 saturated carbocycles. The molecule has 5 N–H and O–H groups in total. The molecule has 4 aromatic rings. The second kappa shape index (κ2) is 30.0. The van der Waals surface area contributed by atoms with Crippen LogP contribution >= 0.6 is 87.7 Å². The first-order valence-electron chi connectivity index (χ1n) is 36.1. The molecule has 0 radical (unpaired) electrons. The van der Waals surface area contributed by atoms with E-state index in [1.807, 2.05) is 79.7 Å². The van der Waals surface area contributed by atoms with Crippen LogP contribution in [0.2, 0.25) is 0 Å². The summed E-state index contributed by atoms with van der Waals surface area (Å²) in [6.45, 7) is 16.5. The Morgan fingerprint density at radius 3 is 1.35 bits per heavy atom. The maximum atomic E-state index is 14.0. The summed E-state index contributed by atoms with van der Waals surface area (Å²) in [7, 11) is 7.06. The van der Waals surface area contributed by atoms with Gasteiger partial charge in [0.1, 0.15) is 10.9 Å². The Labute approximate surface area is 646 Å². The topological polar surface area (TPSA) is 230 Å². The zero-order valence-corrected chi connectivity index (χ0v) is 69.1. The van der Waals surface area contributed by atoms with Crippen molar-refractivity contribution in [2.75, 3.05) is 41.7 Å². The standard InChI is InChI=1S/C21H28BrN3O2.C21H27BrN2O2S.C19H22BrNO3S.C18H24BrNO3/c1-19(2,3)25-17(26)21(24-18(25)23)16-11-14(22)6-5-13(16)12-20(21)9-7-15(27-4)8-10-20;1-19(2,3)24-17(25)21(23-18(24)27)16-11-14(22)6-5-13(16)12-20(21)9-7-15(26-4)8-10-20;1-3-24-17(22)19(25-12-21)16-10-14(20)5-4-13(16)11-18(19)8-6-15(23-2)7-9-18;1-3-23-16(21)18(20)15-10-13(19)5-4-12(15)11-17(18)8-6-14(22-2)7-9-17/h5-6,11,15H,7-10,12H2,1-4H3,(H2,23,24);5-6,11,15H,7-10,12H2,1-4H3,(H,23,27);4-5,10,15H,3,6-9,11H2,1-2H3;4-5,10,14H,3,6-9,11,20H2,1-2H3. The van der Waals surface area contributed by atoms with Crippen LogP contribution in [-0.2, 0) is 94.6 Å². The highest BCUT2D eigenvalue weighted by Crippen LogP contribution is 2.67. The van der Waals surface area contributed by atoms with E-state index in [2.05, 4.69) is 123 Å². The number of thiocyanates is 1. The van der Waals surface area contributed by atoms with Gasteiger partial charge in [-0.25, -0.2) is 9.79 Å². The SMILES string of the molecule is CCOC(=O)C1(N)c2cc(Br)ccc2CC12CCC(OC)CC2.CCOC(=O)C1(SC#N)c2cc(Br)ccc2CC12CCC(OC)CC2.COC1CCC2(CC1)Cc1ccc(Br)cc1C21N=C(N)N(C(C)(C)C)C1=O.COC1CCC2(CC1)Cc1ccc(Br)cc1C21NC(=S)N(C(C)(C)C)C1=O. The number of aliphatic imine (C=N–C) groups is 1. The number of carbonyl (C=O) groups is 4. The van der Waals surface area contributed by atoms with E-state index in [9.17, 15) is 24.4 Å². The number of halogens is 4. The molecule has 0 bridgehead atoms. The Kier molecular flexibility index (Phi) is 23.2. The number of nitriles is 1. The van der Waals surface area contributed by atoms with Gasteiger partial charge in [-0.1, -0.05) is 88.0 Å². The number of fused-ring (bicyclic) bond motifs is 8. The fraction of sp³-hybridized carbons (Fsp3) is 0.608. The molecule has 0 aromatic heterocycles. The molecule has 4 aromatic carbocycles. The van der Waals surface area contributed by atoms with E-state index >= 15 is 0 Å². The van der Waals surface area contributed by atoms with E-state index in [-0.39, 0.29) is 75.4 Å². The molecule has 4 unspecified atom stereocenters. The number of thioether (sulfide) groups is 1. The quantitative estimate of drug-likeness (QED) is 0.0803. The number of nitrogens with two attached hydrogens (primary N) is 2. The fourth-order valence-corrected chi connectivity index (χ4v) is 22.8. The Balaban J connectivity index is 0.000000137. The van der Waals surface area contributed by atoms with Crippen molar-refractivity contribution in [1.29, 1.82) is 5.26 Å². The third-order valence-electron chi connectivity index (χ3n) is 24.8. The van der Waals surface area contributed by atoms with Crippen LogP contribution in [0.15, 0.2) is 95.7 Å². The van der Waals surface area contributed by atoms with Gasteiger partial charge in [0.2, 0.25) is 0 Å². The largest absolute Gasteiger partial charge is 0.465 e. The third kappa shape index (κ3) is 13.1. The van der Waals surface area contributed by atoms with Crippen LogP contribution < -0.4 is 16.8 Å². The molecule has 2 amide bonds. The summed E-state index contributed by atoms with van der Waals surface area (Å²) >= 11 is 21.0. The normalized spacial score (nSPS) is 32.4. The van der Waals surface area contributed by atoms with Crippen molar-refractivity contribution in [3.05, 3.63) is 135 Å². The van der Waals surface area contributed by atoms with Gasteiger partial charge in [0, 0.05) is 79.1 Å². The highest BCUT2D eigenvalue weighted by Gasteiger charge is 2.71. The number of guanidine groups is 1. The van der Waals surface area contributed by atoms with Gasteiger partial charge in [0.15, 0.2) is 26.9 Å². The van der Waals surface area contributed by atoms with E-state index in [1.54, 1.807) is 38.2 Å². The van der Waals surface area contributed by atoms with Crippen molar-refractivity contribution in [3.63, 3.8) is 0 Å². The Morgan fingerprint density at radius 1 is 0.559 bits per heavy atom. The van der Waals surface area contributed by atoms with Gasteiger partial charge in [-0.15, -0.1) is 0 Å². The highest BCUT2D eigenvalue weighted by molar-refractivity contribution is 9.11. The lowest BCUT2D eigenvalue weighted by atomic mass is 9.61. The number of benzene rings is 4. The lowest BCUT2D eigenvalue weighted by Gasteiger charge is -2.47. The van der Waals surface area contributed by atoms with Crippen LogP contribution in [0.25, 0.3) is 0 Å². The molecule has 5 fully saturated rings. The van der Waals surface area contributed by atoms with Crippen LogP contribution in [0, 0.1) is 32.3 Å². The zero-order chi connectivity index (χ0) is 74.0. The first kappa shape index (κ1) is 78.7. The summed E-state index contributed by atoms with van der Waals surface area (Å²) in [5.41, 5.74) is 17.5. The number of thiocarbonyl (C=S) groups is 1. The zero-order valence-electron chi connectivity index (χ0n) is 61.1. The van der Waals surface area contributed by atoms with Gasteiger partial charge in [-0.2, -0.15) is 5.26 Å². The predicted octanol–water partition coefficient (Wildman–Crippen LogP) is 15.9. The minimum atomic E-state index is -1.07. The number of nitrogens with one attached hydrogen (secondary N) is 1. The summed E-state index contributed by atoms with van der Waals surface area (Å²) in [5, 5.41) is 15.9.